The van der Waals surface area contributed by atoms with Gasteiger partial charge in [0.05, 0.1) is 12.3 Å². The van der Waals surface area contributed by atoms with E-state index < -0.39 is 0 Å². The Morgan fingerprint density at radius 2 is 1.76 bits per heavy atom. The van der Waals surface area contributed by atoms with E-state index in [0.29, 0.717) is 29.9 Å². The third-order valence-electron chi connectivity index (χ3n) is 9.13. The highest BCUT2D eigenvalue weighted by atomic mass is 16.6. The maximum Gasteiger partial charge on any atom is 0.412 e. The van der Waals surface area contributed by atoms with Gasteiger partial charge in [-0.05, 0) is 55.8 Å². The number of para-hydroxylation sites is 2. The van der Waals surface area contributed by atoms with Crippen molar-refractivity contribution in [2.45, 2.75) is 92.6 Å². The molecule has 1 amide bonds. The largest absolute Gasteiger partial charge is 0.491 e. The van der Waals surface area contributed by atoms with Crippen molar-refractivity contribution >= 4 is 11.8 Å². The topological polar surface area (TPSA) is 50.8 Å². The van der Waals surface area contributed by atoms with E-state index in [2.05, 4.69) is 51.8 Å². The van der Waals surface area contributed by atoms with Gasteiger partial charge in [-0.15, -0.1) is 0 Å². The van der Waals surface area contributed by atoms with Crippen molar-refractivity contribution in [3.05, 3.63) is 24.3 Å². The van der Waals surface area contributed by atoms with Crippen LogP contribution in [0.5, 0.6) is 5.75 Å². The molecule has 0 unspecified atom stereocenters. The minimum absolute atomic E-state index is 0.00132. The molecule has 0 aliphatic heterocycles. The van der Waals surface area contributed by atoms with E-state index in [1.165, 1.54) is 32.1 Å². The summed E-state index contributed by atoms with van der Waals surface area (Å²) in [5.74, 6) is 1.67. The normalized spacial score (nSPS) is 27.2. The van der Waals surface area contributed by atoms with E-state index in [9.17, 15) is 4.79 Å². The predicted octanol–water partition coefficient (Wildman–Crippen LogP) is 7.37. The number of nitrogens with one attached hydrogen (secondary N) is 1. The lowest BCUT2D eigenvalue weighted by Gasteiger charge is -2.40. The number of carbonyl (C=O) groups is 1. The first kappa shape index (κ1) is 26.8. The lowest BCUT2D eigenvalue weighted by Crippen LogP contribution is -2.45. The van der Waals surface area contributed by atoms with Crippen LogP contribution in [0, 0.1) is 22.7 Å². The number of unbranched alkanes of at least 4 members (excludes halogenated alkanes) is 4. The molecule has 34 heavy (non-hydrogen) atoms. The zero-order valence-electron chi connectivity index (χ0n) is 22.5. The zero-order valence-corrected chi connectivity index (χ0v) is 22.5. The number of hydrogen-bond donors (Lipinski definition) is 1. The fourth-order valence-electron chi connectivity index (χ4n) is 6.56. The fourth-order valence-corrected chi connectivity index (χ4v) is 6.56. The van der Waals surface area contributed by atoms with Crippen molar-refractivity contribution in [1.29, 1.82) is 0 Å². The summed E-state index contributed by atoms with van der Waals surface area (Å²) in [6.07, 6.45) is 7.88. The first-order valence-electron chi connectivity index (χ1n) is 13.7. The van der Waals surface area contributed by atoms with Crippen molar-refractivity contribution in [2.24, 2.45) is 22.7 Å². The average Bonchev–Trinajstić information content (AvgIpc) is 3.13. The molecule has 4 atom stereocenters. The highest BCUT2D eigenvalue weighted by molar-refractivity contribution is 5.86. The monoisotopic (exact) mass is 472 g/mol. The molecule has 5 heteroatoms. The summed E-state index contributed by atoms with van der Waals surface area (Å²) in [6, 6.07) is 7.69. The van der Waals surface area contributed by atoms with Gasteiger partial charge in [0.15, 0.2) is 0 Å². The number of anilines is 1. The first-order valence-corrected chi connectivity index (χ1v) is 13.7. The van der Waals surface area contributed by atoms with Crippen LogP contribution in [-0.4, -0.2) is 43.3 Å². The number of fused-ring (bicyclic) bond motifs is 2. The van der Waals surface area contributed by atoms with Gasteiger partial charge < -0.3 is 14.4 Å². The Balaban J connectivity index is 1.65. The molecule has 0 radical (unpaired) electrons. The van der Waals surface area contributed by atoms with Crippen LogP contribution in [0.15, 0.2) is 24.3 Å². The maximum absolute atomic E-state index is 13.2. The number of rotatable bonds is 13. The summed E-state index contributed by atoms with van der Waals surface area (Å²) in [7, 11) is 0. The zero-order chi connectivity index (χ0) is 24.8. The maximum atomic E-state index is 13.2. The van der Waals surface area contributed by atoms with Crippen molar-refractivity contribution < 1.29 is 14.3 Å². The standard InChI is InChI=1S/C29H48N2O3/c1-7-10-11-12-15-20-33-25-17-14-13-16-24(25)30-27(32)34-26-22(21-31(8-2)9-3)23-18-19-29(26,6)28(23,4)5/h13-14,16-17,22-23,26H,7-12,15,18-21H2,1-6H3,(H,30,32)/t22-,23+,26-,29-/m0/s1. The second-order valence-corrected chi connectivity index (χ2v) is 11.1. The molecule has 2 fully saturated rings. The van der Waals surface area contributed by atoms with E-state index in [4.69, 9.17) is 9.47 Å². The summed E-state index contributed by atoms with van der Waals surface area (Å²) in [5, 5.41) is 3.00. The average molecular weight is 473 g/mol. The number of ether oxygens (including phenoxy) is 2. The molecule has 1 N–H and O–H groups in total. The summed E-state index contributed by atoms with van der Waals surface area (Å²) in [4.78, 5) is 15.6. The highest BCUT2D eigenvalue weighted by Gasteiger charge is 2.67. The van der Waals surface area contributed by atoms with Crippen LogP contribution < -0.4 is 10.1 Å². The third kappa shape index (κ3) is 5.56. The molecule has 2 saturated carbocycles. The fraction of sp³-hybridized carbons (Fsp3) is 0.759. The van der Waals surface area contributed by atoms with Crippen molar-refractivity contribution in [3.63, 3.8) is 0 Å². The molecule has 1 aromatic rings. The Hall–Kier alpha value is -1.75. The van der Waals surface area contributed by atoms with Crippen LogP contribution in [-0.2, 0) is 4.74 Å². The quantitative estimate of drug-likeness (QED) is 0.305. The van der Waals surface area contributed by atoms with Gasteiger partial charge in [-0.2, -0.15) is 0 Å². The first-order chi connectivity index (χ1) is 16.3. The summed E-state index contributed by atoms with van der Waals surface area (Å²) in [5.41, 5.74) is 0.851. The second-order valence-electron chi connectivity index (χ2n) is 11.1. The van der Waals surface area contributed by atoms with Crippen LogP contribution in [0.4, 0.5) is 10.5 Å². The molecule has 0 spiro atoms. The molecule has 0 saturated heterocycles. The molecule has 2 bridgehead atoms. The molecular weight excluding hydrogens is 424 g/mol. The van der Waals surface area contributed by atoms with Crippen LogP contribution >= 0.6 is 0 Å². The van der Waals surface area contributed by atoms with Crippen molar-refractivity contribution in [3.8, 4) is 5.75 Å². The summed E-state index contributed by atoms with van der Waals surface area (Å²) >= 11 is 0. The lowest BCUT2D eigenvalue weighted by atomic mass is 9.70. The molecule has 0 aromatic heterocycles. The van der Waals surface area contributed by atoms with Crippen LogP contribution in [0.25, 0.3) is 0 Å². The smallest absolute Gasteiger partial charge is 0.412 e. The second kappa shape index (κ2) is 11.8. The highest BCUT2D eigenvalue weighted by Crippen LogP contribution is 2.68. The number of carbonyl (C=O) groups excluding carboxylic acids is 1. The molecule has 2 aliphatic carbocycles. The minimum atomic E-state index is -0.363. The van der Waals surface area contributed by atoms with Gasteiger partial charge in [-0.25, -0.2) is 4.79 Å². The van der Waals surface area contributed by atoms with Gasteiger partial charge in [0.2, 0.25) is 0 Å². The van der Waals surface area contributed by atoms with E-state index in [0.717, 1.165) is 32.5 Å². The van der Waals surface area contributed by atoms with Gasteiger partial charge in [0, 0.05) is 17.9 Å². The van der Waals surface area contributed by atoms with E-state index >= 15 is 0 Å². The molecule has 0 heterocycles. The number of nitrogens with zero attached hydrogens (tertiary/aromatic N) is 1. The Morgan fingerprint density at radius 1 is 1.06 bits per heavy atom. The van der Waals surface area contributed by atoms with Gasteiger partial charge in [-0.1, -0.05) is 79.4 Å². The van der Waals surface area contributed by atoms with Gasteiger partial charge in [0.25, 0.3) is 0 Å². The molecular formula is C29H48N2O3. The number of hydrogen-bond acceptors (Lipinski definition) is 4. The SMILES string of the molecule is CCCCCCCOc1ccccc1NC(=O)O[C@H]1[C@@H](CN(CC)CC)[C@H]2CC[C@]1(C)C2(C)C. The van der Waals surface area contributed by atoms with Gasteiger partial charge in [0.1, 0.15) is 11.9 Å². The van der Waals surface area contributed by atoms with Gasteiger partial charge in [-0.3, -0.25) is 5.32 Å². The predicted molar refractivity (Wildman–Crippen MR) is 140 cm³/mol. The Morgan fingerprint density at radius 3 is 2.47 bits per heavy atom. The van der Waals surface area contributed by atoms with Crippen LogP contribution in [0.2, 0.25) is 0 Å². The molecule has 2 aliphatic rings. The Labute approximate surface area is 208 Å². The number of amides is 1. The van der Waals surface area contributed by atoms with Crippen molar-refractivity contribution in [1.82, 2.24) is 4.90 Å². The van der Waals surface area contributed by atoms with E-state index in [-0.39, 0.29) is 23.0 Å². The van der Waals surface area contributed by atoms with E-state index in [1.54, 1.807) is 0 Å². The van der Waals surface area contributed by atoms with E-state index in [1.807, 2.05) is 24.3 Å². The molecule has 5 nitrogen and oxygen atoms in total. The van der Waals surface area contributed by atoms with Crippen LogP contribution in [0.1, 0.15) is 86.5 Å². The van der Waals surface area contributed by atoms with Crippen molar-refractivity contribution in [2.75, 3.05) is 31.6 Å². The van der Waals surface area contributed by atoms with Crippen LogP contribution in [0.3, 0.4) is 0 Å². The molecule has 3 rings (SSSR count). The minimum Gasteiger partial charge on any atom is -0.491 e. The third-order valence-corrected chi connectivity index (χ3v) is 9.13. The molecule has 192 valence electrons. The summed E-state index contributed by atoms with van der Waals surface area (Å²) in [6.45, 7) is 17.5. The Kier molecular flexibility index (Phi) is 9.31. The van der Waals surface area contributed by atoms with Gasteiger partial charge >= 0.3 is 6.09 Å². The number of benzene rings is 1. The Bertz CT molecular complexity index is 791. The lowest BCUT2D eigenvalue weighted by molar-refractivity contribution is -0.0258. The molecule has 1 aromatic carbocycles. The summed E-state index contributed by atoms with van der Waals surface area (Å²) < 4.78 is 12.3.